The van der Waals surface area contributed by atoms with Crippen LogP contribution in [0.2, 0.25) is 0 Å². The second-order valence-corrected chi connectivity index (χ2v) is 7.97. The van der Waals surface area contributed by atoms with Crippen molar-refractivity contribution in [2.24, 2.45) is 5.92 Å². The predicted molar refractivity (Wildman–Crippen MR) is 112 cm³/mol. The number of hydrogen-bond donors (Lipinski definition) is 1. The highest BCUT2D eigenvalue weighted by molar-refractivity contribution is 5.80. The van der Waals surface area contributed by atoms with Crippen molar-refractivity contribution in [3.05, 3.63) is 71.0 Å². The second kappa shape index (κ2) is 9.68. The minimum Gasteiger partial charge on any atom is -0.352 e. The quantitative estimate of drug-likeness (QED) is 0.796. The largest absolute Gasteiger partial charge is 0.352 e. The molecule has 4 nitrogen and oxygen atoms in total. The Hall–Kier alpha value is -2.69. The Bertz CT molecular complexity index is 845. The number of aryl methyl sites for hydroxylation is 1. The SMILES string of the molecule is Cc1ccc(CNC(=O)C2CCN(C(=O)C[C@H](C)c3ccccc3)CC2)cc1F. The van der Waals surface area contributed by atoms with Gasteiger partial charge in [0.2, 0.25) is 11.8 Å². The van der Waals surface area contributed by atoms with E-state index >= 15 is 0 Å². The molecule has 0 aliphatic carbocycles. The van der Waals surface area contributed by atoms with Crippen LogP contribution in [-0.4, -0.2) is 29.8 Å². The van der Waals surface area contributed by atoms with Crippen LogP contribution in [-0.2, 0) is 16.1 Å². The Morgan fingerprint density at radius 2 is 1.83 bits per heavy atom. The number of nitrogens with zero attached hydrogens (tertiary/aromatic N) is 1. The number of benzene rings is 2. The fourth-order valence-electron chi connectivity index (χ4n) is 3.76. The lowest BCUT2D eigenvalue weighted by molar-refractivity contribution is -0.135. The molecule has 1 fully saturated rings. The molecule has 29 heavy (non-hydrogen) atoms. The van der Waals surface area contributed by atoms with E-state index in [0.29, 0.717) is 44.5 Å². The molecule has 0 radical (unpaired) electrons. The van der Waals surface area contributed by atoms with Crippen molar-refractivity contribution in [2.75, 3.05) is 13.1 Å². The summed E-state index contributed by atoms with van der Waals surface area (Å²) in [6, 6.07) is 15.1. The molecule has 1 heterocycles. The first-order chi connectivity index (χ1) is 13.9. The minimum absolute atomic E-state index is 0.0178. The van der Waals surface area contributed by atoms with Crippen molar-refractivity contribution in [3.8, 4) is 0 Å². The van der Waals surface area contributed by atoms with Gasteiger partial charge in [0.1, 0.15) is 5.82 Å². The van der Waals surface area contributed by atoms with Crippen LogP contribution in [0.15, 0.2) is 48.5 Å². The van der Waals surface area contributed by atoms with E-state index < -0.39 is 0 Å². The highest BCUT2D eigenvalue weighted by Gasteiger charge is 2.27. The number of piperidine rings is 1. The third-order valence-electron chi connectivity index (χ3n) is 5.77. The van der Waals surface area contributed by atoms with E-state index in [9.17, 15) is 14.0 Å². The van der Waals surface area contributed by atoms with E-state index in [4.69, 9.17) is 0 Å². The van der Waals surface area contributed by atoms with Gasteiger partial charge in [-0.05, 0) is 48.4 Å². The van der Waals surface area contributed by atoms with E-state index in [-0.39, 0.29) is 29.5 Å². The van der Waals surface area contributed by atoms with Crippen LogP contribution >= 0.6 is 0 Å². The zero-order chi connectivity index (χ0) is 20.8. The fourth-order valence-corrected chi connectivity index (χ4v) is 3.76. The molecule has 0 bridgehead atoms. The maximum atomic E-state index is 13.6. The van der Waals surface area contributed by atoms with Crippen molar-refractivity contribution < 1.29 is 14.0 Å². The van der Waals surface area contributed by atoms with Crippen molar-refractivity contribution in [1.29, 1.82) is 0 Å². The molecular formula is C24H29FN2O2. The van der Waals surface area contributed by atoms with E-state index in [0.717, 1.165) is 5.56 Å². The molecule has 2 aromatic carbocycles. The first kappa shape index (κ1) is 21.0. The monoisotopic (exact) mass is 396 g/mol. The van der Waals surface area contributed by atoms with Gasteiger partial charge >= 0.3 is 0 Å². The number of rotatable bonds is 6. The highest BCUT2D eigenvalue weighted by atomic mass is 19.1. The van der Waals surface area contributed by atoms with Gasteiger partial charge in [0.05, 0.1) is 0 Å². The lowest BCUT2D eigenvalue weighted by Crippen LogP contribution is -2.43. The zero-order valence-corrected chi connectivity index (χ0v) is 17.2. The molecule has 0 aromatic heterocycles. The van der Waals surface area contributed by atoms with Crippen LogP contribution in [0.25, 0.3) is 0 Å². The molecule has 1 N–H and O–H groups in total. The summed E-state index contributed by atoms with van der Waals surface area (Å²) in [5.74, 6) is -0.0418. The summed E-state index contributed by atoms with van der Waals surface area (Å²) >= 11 is 0. The van der Waals surface area contributed by atoms with Crippen LogP contribution in [0.3, 0.4) is 0 Å². The van der Waals surface area contributed by atoms with Crippen molar-refractivity contribution in [2.45, 2.75) is 45.6 Å². The lowest BCUT2D eigenvalue weighted by Gasteiger charge is -2.32. The summed E-state index contributed by atoms with van der Waals surface area (Å²) in [7, 11) is 0. The third kappa shape index (κ3) is 5.66. The van der Waals surface area contributed by atoms with Crippen molar-refractivity contribution in [1.82, 2.24) is 10.2 Å². The molecular weight excluding hydrogens is 367 g/mol. The topological polar surface area (TPSA) is 49.4 Å². The van der Waals surface area contributed by atoms with Crippen LogP contribution in [0.5, 0.6) is 0 Å². The Morgan fingerprint density at radius 1 is 1.14 bits per heavy atom. The summed E-state index contributed by atoms with van der Waals surface area (Å²) < 4.78 is 13.6. The minimum atomic E-state index is -0.256. The lowest BCUT2D eigenvalue weighted by atomic mass is 9.93. The second-order valence-electron chi connectivity index (χ2n) is 7.97. The summed E-state index contributed by atoms with van der Waals surface area (Å²) in [5, 5.41) is 2.90. The molecule has 1 atom stereocenters. The number of hydrogen-bond acceptors (Lipinski definition) is 2. The van der Waals surface area contributed by atoms with Crippen LogP contribution in [0, 0.1) is 18.7 Å². The zero-order valence-electron chi connectivity index (χ0n) is 17.2. The first-order valence-electron chi connectivity index (χ1n) is 10.3. The Balaban J connectivity index is 1.43. The normalized spacial score (nSPS) is 15.8. The summed E-state index contributed by atoms with van der Waals surface area (Å²) in [6.45, 7) is 5.33. The molecule has 0 saturated carbocycles. The Labute approximate surface area is 172 Å². The third-order valence-corrected chi connectivity index (χ3v) is 5.77. The Morgan fingerprint density at radius 3 is 2.48 bits per heavy atom. The van der Waals surface area contributed by atoms with Gasteiger partial charge in [-0.15, -0.1) is 0 Å². The molecule has 1 aliphatic heterocycles. The average Bonchev–Trinajstić information content (AvgIpc) is 2.75. The van der Waals surface area contributed by atoms with Crippen molar-refractivity contribution in [3.63, 3.8) is 0 Å². The van der Waals surface area contributed by atoms with E-state index in [2.05, 4.69) is 24.4 Å². The van der Waals surface area contributed by atoms with Crippen LogP contribution in [0.1, 0.15) is 48.8 Å². The first-order valence-corrected chi connectivity index (χ1v) is 10.3. The van der Waals surface area contributed by atoms with Gasteiger partial charge in [-0.25, -0.2) is 4.39 Å². The standard InChI is InChI=1S/C24H29FN2O2/c1-17-8-9-19(15-22(17)25)16-26-24(29)21-10-12-27(13-11-21)23(28)14-18(2)20-6-4-3-5-7-20/h3-9,15,18,21H,10-14,16H2,1-2H3,(H,26,29)/t18-/m0/s1. The van der Waals surface area contributed by atoms with E-state index in [1.807, 2.05) is 29.2 Å². The number of carbonyl (C=O) groups excluding carboxylic acids is 2. The maximum Gasteiger partial charge on any atom is 0.223 e. The molecule has 3 rings (SSSR count). The van der Waals surface area contributed by atoms with E-state index in [1.165, 1.54) is 11.6 Å². The molecule has 0 unspecified atom stereocenters. The number of nitrogens with one attached hydrogen (secondary N) is 1. The maximum absolute atomic E-state index is 13.6. The average molecular weight is 397 g/mol. The summed E-state index contributed by atoms with van der Waals surface area (Å²) in [4.78, 5) is 26.9. The van der Waals surface area contributed by atoms with Crippen LogP contribution < -0.4 is 5.32 Å². The molecule has 1 saturated heterocycles. The van der Waals surface area contributed by atoms with Gasteiger partial charge < -0.3 is 10.2 Å². The smallest absolute Gasteiger partial charge is 0.223 e. The molecule has 1 aliphatic rings. The number of carbonyl (C=O) groups is 2. The fraction of sp³-hybridized carbons (Fsp3) is 0.417. The van der Waals surface area contributed by atoms with Gasteiger partial charge in [-0.2, -0.15) is 0 Å². The van der Waals surface area contributed by atoms with Gasteiger partial charge in [0.25, 0.3) is 0 Å². The summed E-state index contributed by atoms with van der Waals surface area (Å²) in [5.41, 5.74) is 2.52. The van der Waals surface area contributed by atoms with Gasteiger partial charge in [-0.1, -0.05) is 49.4 Å². The van der Waals surface area contributed by atoms with Gasteiger partial charge in [-0.3, -0.25) is 9.59 Å². The van der Waals surface area contributed by atoms with Gasteiger partial charge in [0, 0.05) is 32.0 Å². The van der Waals surface area contributed by atoms with Crippen molar-refractivity contribution >= 4 is 11.8 Å². The number of amides is 2. The van der Waals surface area contributed by atoms with Gasteiger partial charge in [0.15, 0.2) is 0 Å². The molecule has 5 heteroatoms. The number of halogens is 1. The Kier molecular flexibility index (Phi) is 7.02. The molecule has 154 valence electrons. The predicted octanol–water partition coefficient (Wildman–Crippen LogP) is 4.18. The van der Waals surface area contributed by atoms with Crippen LogP contribution in [0.4, 0.5) is 4.39 Å². The molecule has 2 amide bonds. The highest BCUT2D eigenvalue weighted by Crippen LogP contribution is 2.23. The van der Waals surface area contributed by atoms with E-state index in [1.54, 1.807) is 13.0 Å². The molecule has 0 spiro atoms. The molecule has 2 aromatic rings. The summed E-state index contributed by atoms with van der Waals surface area (Å²) in [6.07, 6.45) is 1.82. The number of likely N-dealkylation sites (tertiary alicyclic amines) is 1.